The molecule has 0 aromatic heterocycles. The molecular formula is C13H19IN2O. The Labute approximate surface area is 117 Å². The first kappa shape index (κ1) is 14.4. The van der Waals surface area contributed by atoms with E-state index in [1.807, 2.05) is 31.3 Å². The van der Waals surface area contributed by atoms with Gasteiger partial charge in [0.1, 0.15) is 0 Å². The van der Waals surface area contributed by atoms with Gasteiger partial charge in [0.2, 0.25) is 0 Å². The number of nitrogens with two attached hydrogens (primary N) is 1. The van der Waals surface area contributed by atoms with Crippen molar-refractivity contribution in [2.75, 3.05) is 20.1 Å². The summed E-state index contributed by atoms with van der Waals surface area (Å²) in [6.07, 6.45) is 0. The second-order valence-corrected chi connectivity index (χ2v) is 6.29. The number of hydrogen-bond acceptors (Lipinski definition) is 2. The molecule has 0 radical (unpaired) electrons. The highest BCUT2D eigenvalue weighted by molar-refractivity contribution is 14.1. The van der Waals surface area contributed by atoms with Crippen molar-refractivity contribution in [3.05, 3.63) is 33.4 Å². The minimum atomic E-state index is -0.0493. The Hall–Kier alpha value is -0.620. The maximum atomic E-state index is 12.2. The molecular weight excluding hydrogens is 327 g/mol. The molecule has 1 aromatic rings. The summed E-state index contributed by atoms with van der Waals surface area (Å²) in [6, 6.07) is 7.61. The molecule has 0 fully saturated rings. The number of rotatable bonds is 4. The van der Waals surface area contributed by atoms with Crippen LogP contribution in [-0.4, -0.2) is 30.9 Å². The van der Waals surface area contributed by atoms with Crippen LogP contribution in [0, 0.1) is 8.99 Å². The standard InChI is InChI=1S/C13H19IN2O/c1-13(2,8-15)9-16(3)12(17)10-5-4-6-11(14)7-10/h4-7H,8-9,15H2,1-3H3. The number of nitrogens with zero attached hydrogens (tertiary/aromatic N) is 1. The molecule has 1 aromatic carbocycles. The fourth-order valence-electron chi connectivity index (χ4n) is 1.62. The molecule has 1 rings (SSSR count). The Morgan fingerprint density at radius 3 is 2.65 bits per heavy atom. The van der Waals surface area contributed by atoms with Gasteiger partial charge < -0.3 is 10.6 Å². The van der Waals surface area contributed by atoms with Crippen molar-refractivity contribution < 1.29 is 4.79 Å². The first-order valence-corrected chi connectivity index (χ1v) is 6.65. The van der Waals surface area contributed by atoms with Crippen LogP contribution in [0.4, 0.5) is 0 Å². The quantitative estimate of drug-likeness (QED) is 0.851. The SMILES string of the molecule is CN(CC(C)(C)CN)C(=O)c1cccc(I)c1. The molecule has 0 unspecified atom stereocenters. The van der Waals surface area contributed by atoms with Crippen LogP contribution in [0.2, 0.25) is 0 Å². The van der Waals surface area contributed by atoms with Gasteiger partial charge in [-0.1, -0.05) is 19.9 Å². The highest BCUT2D eigenvalue weighted by Crippen LogP contribution is 2.16. The highest BCUT2D eigenvalue weighted by Gasteiger charge is 2.21. The average molecular weight is 346 g/mol. The third-order valence-electron chi connectivity index (χ3n) is 2.64. The van der Waals surface area contributed by atoms with Crippen LogP contribution in [0.3, 0.4) is 0 Å². The van der Waals surface area contributed by atoms with Gasteiger partial charge in [-0.05, 0) is 52.7 Å². The molecule has 94 valence electrons. The number of hydrogen-bond donors (Lipinski definition) is 1. The van der Waals surface area contributed by atoms with Crippen molar-refractivity contribution in [3.8, 4) is 0 Å². The first-order valence-electron chi connectivity index (χ1n) is 5.57. The van der Waals surface area contributed by atoms with E-state index in [2.05, 4.69) is 36.4 Å². The van der Waals surface area contributed by atoms with E-state index in [0.29, 0.717) is 13.1 Å². The summed E-state index contributed by atoms with van der Waals surface area (Å²) < 4.78 is 1.07. The van der Waals surface area contributed by atoms with Crippen LogP contribution in [0.1, 0.15) is 24.2 Å². The average Bonchev–Trinajstić information content (AvgIpc) is 2.27. The molecule has 3 nitrogen and oxygen atoms in total. The van der Waals surface area contributed by atoms with Crippen molar-refractivity contribution in [3.63, 3.8) is 0 Å². The summed E-state index contributed by atoms with van der Waals surface area (Å²) in [7, 11) is 1.82. The Morgan fingerprint density at radius 2 is 2.12 bits per heavy atom. The lowest BCUT2D eigenvalue weighted by Gasteiger charge is -2.29. The first-order chi connectivity index (χ1) is 7.85. The van der Waals surface area contributed by atoms with Crippen molar-refractivity contribution >= 4 is 28.5 Å². The van der Waals surface area contributed by atoms with Gasteiger partial charge in [-0.15, -0.1) is 0 Å². The van der Waals surface area contributed by atoms with Crippen LogP contribution in [0.25, 0.3) is 0 Å². The zero-order valence-electron chi connectivity index (χ0n) is 10.5. The third-order valence-corrected chi connectivity index (χ3v) is 3.31. The molecule has 0 aliphatic heterocycles. The van der Waals surface area contributed by atoms with Crippen LogP contribution >= 0.6 is 22.6 Å². The molecule has 0 atom stereocenters. The minimum Gasteiger partial charge on any atom is -0.341 e. The summed E-state index contributed by atoms with van der Waals surface area (Å²) >= 11 is 2.21. The second kappa shape index (κ2) is 5.82. The Kier molecular flexibility index (Phi) is 4.94. The Morgan fingerprint density at radius 1 is 1.47 bits per heavy atom. The van der Waals surface area contributed by atoms with Gasteiger partial charge in [0.05, 0.1) is 0 Å². The predicted molar refractivity (Wildman–Crippen MR) is 79.0 cm³/mol. The van der Waals surface area contributed by atoms with Gasteiger partial charge in [-0.2, -0.15) is 0 Å². The summed E-state index contributed by atoms with van der Waals surface area (Å²) in [4.78, 5) is 13.9. The summed E-state index contributed by atoms with van der Waals surface area (Å²) in [5.74, 6) is 0.0463. The normalized spacial score (nSPS) is 11.4. The Balaban J connectivity index is 2.77. The number of carbonyl (C=O) groups is 1. The van der Waals surface area contributed by atoms with Gasteiger partial charge in [-0.3, -0.25) is 4.79 Å². The van der Waals surface area contributed by atoms with Crippen molar-refractivity contribution in [2.45, 2.75) is 13.8 Å². The predicted octanol–water partition coefficient (Wildman–Crippen LogP) is 2.35. The molecule has 2 N–H and O–H groups in total. The van der Waals surface area contributed by atoms with Gasteiger partial charge >= 0.3 is 0 Å². The lowest BCUT2D eigenvalue weighted by Crippen LogP contribution is -2.39. The smallest absolute Gasteiger partial charge is 0.253 e. The molecule has 0 spiro atoms. The van der Waals surface area contributed by atoms with Crippen LogP contribution < -0.4 is 5.73 Å². The topological polar surface area (TPSA) is 46.3 Å². The molecule has 1 amide bonds. The lowest BCUT2D eigenvalue weighted by atomic mass is 9.93. The van der Waals surface area contributed by atoms with E-state index in [1.165, 1.54) is 0 Å². The van der Waals surface area contributed by atoms with Crippen LogP contribution in [0.15, 0.2) is 24.3 Å². The minimum absolute atomic E-state index is 0.0463. The van der Waals surface area contributed by atoms with Crippen molar-refractivity contribution in [2.24, 2.45) is 11.1 Å². The fraction of sp³-hybridized carbons (Fsp3) is 0.462. The third kappa shape index (κ3) is 4.27. The largest absolute Gasteiger partial charge is 0.341 e. The lowest BCUT2D eigenvalue weighted by molar-refractivity contribution is 0.0740. The molecule has 4 heteroatoms. The van der Waals surface area contributed by atoms with E-state index in [1.54, 1.807) is 4.90 Å². The molecule has 0 aliphatic rings. The van der Waals surface area contributed by atoms with Gasteiger partial charge in [0.25, 0.3) is 5.91 Å². The van der Waals surface area contributed by atoms with E-state index < -0.39 is 0 Å². The second-order valence-electron chi connectivity index (χ2n) is 5.04. The van der Waals surface area contributed by atoms with E-state index >= 15 is 0 Å². The fourth-order valence-corrected chi connectivity index (χ4v) is 2.16. The monoisotopic (exact) mass is 346 g/mol. The molecule has 0 saturated heterocycles. The number of benzene rings is 1. The maximum absolute atomic E-state index is 12.2. The zero-order valence-corrected chi connectivity index (χ0v) is 12.7. The summed E-state index contributed by atoms with van der Waals surface area (Å²) in [5.41, 5.74) is 6.36. The molecule has 0 saturated carbocycles. The molecule has 0 aliphatic carbocycles. The number of halogens is 1. The zero-order chi connectivity index (χ0) is 13.1. The van der Waals surface area contributed by atoms with Crippen LogP contribution in [-0.2, 0) is 0 Å². The van der Waals surface area contributed by atoms with E-state index in [-0.39, 0.29) is 11.3 Å². The molecule has 17 heavy (non-hydrogen) atoms. The maximum Gasteiger partial charge on any atom is 0.253 e. The molecule has 0 heterocycles. The van der Waals surface area contributed by atoms with Gasteiger partial charge in [0, 0.05) is 22.7 Å². The van der Waals surface area contributed by atoms with E-state index in [9.17, 15) is 4.79 Å². The van der Waals surface area contributed by atoms with Crippen LogP contribution in [0.5, 0.6) is 0 Å². The highest BCUT2D eigenvalue weighted by atomic mass is 127. The summed E-state index contributed by atoms with van der Waals surface area (Å²) in [5, 5.41) is 0. The van der Waals surface area contributed by atoms with E-state index in [4.69, 9.17) is 5.73 Å². The number of amides is 1. The molecule has 0 bridgehead atoms. The summed E-state index contributed by atoms with van der Waals surface area (Å²) in [6.45, 7) is 5.35. The van der Waals surface area contributed by atoms with Gasteiger partial charge in [0.15, 0.2) is 0 Å². The van der Waals surface area contributed by atoms with Gasteiger partial charge in [-0.25, -0.2) is 0 Å². The Bertz CT molecular complexity index is 404. The van der Waals surface area contributed by atoms with E-state index in [0.717, 1.165) is 9.13 Å². The number of carbonyl (C=O) groups excluding carboxylic acids is 1. The van der Waals surface area contributed by atoms with Crippen molar-refractivity contribution in [1.29, 1.82) is 0 Å². The van der Waals surface area contributed by atoms with Crippen molar-refractivity contribution in [1.82, 2.24) is 4.90 Å².